The van der Waals surface area contributed by atoms with Gasteiger partial charge in [0.15, 0.2) is 0 Å². The van der Waals surface area contributed by atoms with Gasteiger partial charge in [-0.3, -0.25) is 0 Å². The van der Waals surface area contributed by atoms with Gasteiger partial charge in [-0.2, -0.15) is 13.2 Å². The predicted molar refractivity (Wildman–Crippen MR) is 106 cm³/mol. The molecule has 1 amide bonds. The van der Waals surface area contributed by atoms with Crippen LogP contribution in [0.1, 0.15) is 30.5 Å². The molecule has 1 aliphatic rings. The third-order valence-electron chi connectivity index (χ3n) is 5.07. The SMILES string of the molecule is C[C@@H]1CNC[C@H](C)N1C(=O)OCc1cc(OCc2cccc(C(F)(F)F)c2)ccc1F. The molecule has 0 unspecified atom stereocenters. The average Bonchev–Trinajstić information content (AvgIpc) is 2.71. The van der Waals surface area contributed by atoms with Gasteiger partial charge < -0.3 is 19.7 Å². The highest BCUT2D eigenvalue weighted by molar-refractivity contribution is 5.68. The number of alkyl halides is 3. The molecule has 0 aromatic heterocycles. The molecule has 2 aromatic rings. The van der Waals surface area contributed by atoms with Crippen LogP contribution in [0, 0.1) is 5.82 Å². The highest BCUT2D eigenvalue weighted by atomic mass is 19.4. The number of nitrogens with zero attached hydrogens (tertiary/aromatic N) is 1. The van der Waals surface area contributed by atoms with E-state index in [0.29, 0.717) is 18.7 Å². The van der Waals surface area contributed by atoms with Gasteiger partial charge in [-0.1, -0.05) is 12.1 Å². The van der Waals surface area contributed by atoms with Gasteiger partial charge in [-0.05, 0) is 49.7 Å². The van der Waals surface area contributed by atoms with Gasteiger partial charge in [-0.15, -0.1) is 0 Å². The second kappa shape index (κ2) is 9.55. The van der Waals surface area contributed by atoms with E-state index in [1.54, 1.807) is 4.90 Å². The lowest BCUT2D eigenvalue weighted by atomic mass is 10.1. The Bertz CT molecular complexity index is 910. The molecule has 168 valence electrons. The molecule has 1 aliphatic heterocycles. The topological polar surface area (TPSA) is 50.8 Å². The number of carbonyl (C=O) groups excluding carboxylic acids is 1. The van der Waals surface area contributed by atoms with E-state index < -0.39 is 23.7 Å². The Morgan fingerprint density at radius 2 is 1.81 bits per heavy atom. The fourth-order valence-corrected chi connectivity index (χ4v) is 3.46. The maximum absolute atomic E-state index is 14.2. The number of carbonyl (C=O) groups is 1. The first-order valence-corrected chi connectivity index (χ1v) is 9.88. The molecule has 0 bridgehead atoms. The van der Waals surface area contributed by atoms with Gasteiger partial charge in [0.05, 0.1) is 5.56 Å². The van der Waals surface area contributed by atoms with Crippen molar-refractivity contribution in [2.75, 3.05) is 13.1 Å². The zero-order valence-corrected chi connectivity index (χ0v) is 17.2. The Morgan fingerprint density at radius 3 is 2.48 bits per heavy atom. The van der Waals surface area contributed by atoms with E-state index in [4.69, 9.17) is 9.47 Å². The monoisotopic (exact) mass is 440 g/mol. The van der Waals surface area contributed by atoms with Crippen LogP contribution in [0.4, 0.5) is 22.4 Å². The maximum atomic E-state index is 14.2. The van der Waals surface area contributed by atoms with E-state index >= 15 is 0 Å². The van der Waals surface area contributed by atoms with Gasteiger partial charge in [0.25, 0.3) is 0 Å². The summed E-state index contributed by atoms with van der Waals surface area (Å²) in [4.78, 5) is 14.1. The first-order chi connectivity index (χ1) is 14.6. The summed E-state index contributed by atoms with van der Waals surface area (Å²) in [5.41, 5.74) is -0.323. The molecule has 0 saturated carbocycles. The summed E-state index contributed by atoms with van der Waals surface area (Å²) >= 11 is 0. The highest BCUT2D eigenvalue weighted by Gasteiger charge is 2.31. The molecule has 0 aliphatic carbocycles. The lowest BCUT2D eigenvalue weighted by molar-refractivity contribution is -0.137. The molecular weight excluding hydrogens is 416 g/mol. The van der Waals surface area contributed by atoms with Crippen molar-refractivity contribution in [1.82, 2.24) is 10.2 Å². The third kappa shape index (κ3) is 5.88. The molecule has 9 heteroatoms. The number of halogens is 4. The van der Waals surface area contributed by atoms with Gasteiger partial charge in [0.2, 0.25) is 0 Å². The Morgan fingerprint density at radius 1 is 1.10 bits per heavy atom. The maximum Gasteiger partial charge on any atom is 0.416 e. The van der Waals surface area contributed by atoms with E-state index in [-0.39, 0.29) is 36.6 Å². The molecule has 2 atom stereocenters. The lowest BCUT2D eigenvalue weighted by Crippen LogP contribution is -2.57. The highest BCUT2D eigenvalue weighted by Crippen LogP contribution is 2.30. The summed E-state index contributed by atoms with van der Waals surface area (Å²) in [6.45, 7) is 4.68. The molecule has 1 heterocycles. The minimum absolute atomic E-state index is 0.0526. The Hall–Kier alpha value is -2.81. The van der Waals surface area contributed by atoms with Crippen molar-refractivity contribution in [3.63, 3.8) is 0 Å². The van der Waals surface area contributed by atoms with E-state index in [1.807, 2.05) is 13.8 Å². The van der Waals surface area contributed by atoms with Crippen LogP contribution in [0.25, 0.3) is 0 Å². The van der Waals surface area contributed by atoms with Crippen molar-refractivity contribution in [3.8, 4) is 5.75 Å². The first-order valence-electron chi connectivity index (χ1n) is 9.88. The van der Waals surface area contributed by atoms with Crippen LogP contribution < -0.4 is 10.1 Å². The first kappa shape index (κ1) is 22.9. The van der Waals surface area contributed by atoms with E-state index in [2.05, 4.69) is 5.32 Å². The normalized spacial score (nSPS) is 19.2. The van der Waals surface area contributed by atoms with E-state index in [9.17, 15) is 22.4 Å². The molecule has 0 radical (unpaired) electrons. The fraction of sp³-hybridized carbons (Fsp3) is 0.409. The Labute approximate surface area is 177 Å². The number of hydrogen-bond donors (Lipinski definition) is 1. The number of rotatable bonds is 5. The van der Waals surface area contributed by atoms with Crippen molar-refractivity contribution in [2.24, 2.45) is 0 Å². The minimum Gasteiger partial charge on any atom is -0.489 e. The molecule has 3 rings (SSSR count). The van der Waals surface area contributed by atoms with Gasteiger partial charge in [0, 0.05) is 30.7 Å². The minimum atomic E-state index is -4.44. The molecular formula is C22H24F4N2O3. The van der Waals surface area contributed by atoms with Crippen LogP contribution >= 0.6 is 0 Å². The quantitative estimate of drug-likeness (QED) is 0.683. The summed E-state index contributed by atoms with van der Waals surface area (Å²) in [5.74, 6) is -0.311. The number of piperazine rings is 1. The van der Waals surface area contributed by atoms with Crippen molar-refractivity contribution in [2.45, 2.75) is 45.3 Å². The second-order valence-electron chi connectivity index (χ2n) is 7.56. The molecule has 31 heavy (non-hydrogen) atoms. The van der Waals surface area contributed by atoms with Crippen LogP contribution in [0.15, 0.2) is 42.5 Å². The number of amides is 1. The van der Waals surface area contributed by atoms with Gasteiger partial charge in [-0.25, -0.2) is 9.18 Å². The van der Waals surface area contributed by atoms with Crippen LogP contribution in [-0.2, 0) is 24.1 Å². The summed E-state index contributed by atoms with van der Waals surface area (Å²) in [7, 11) is 0. The van der Waals surface area contributed by atoms with Crippen molar-refractivity contribution in [3.05, 3.63) is 65.0 Å². The van der Waals surface area contributed by atoms with Crippen LogP contribution in [0.3, 0.4) is 0 Å². The summed E-state index contributed by atoms with van der Waals surface area (Å²) in [5, 5.41) is 3.21. The summed E-state index contributed by atoms with van der Waals surface area (Å²) < 4.78 is 63.5. The van der Waals surface area contributed by atoms with E-state index in [0.717, 1.165) is 12.1 Å². The van der Waals surface area contributed by atoms with Crippen LogP contribution in [0.2, 0.25) is 0 Å². The number of benzene rings is 2. The van der Waals surface area contributed by atoms with Gasteiger partial charge >= 0.3 is 12.3 Å². The number of ether oxygens (including phenoxy) is 2. The third-order valence-corrected chi connectivity index (χ3v) is 5.07. The predicted octanol–water partition coefficient (Wildman–Crippen LogP) is 4.74. The number of nitrogens with one attached hydrogen (secondary N) is 1. The molecule has 1 saturated heterocycles. The number of hydrogen-bond acceptors (Lipinski definition) is 4. The lowest BCUT2D eigenvalue weighted by Gasteiger charge is -2.38. The molecule has 0 spiro atoms. The second-order valence-corrected chi connectivity index (χ2v) is 7.56. The van der Waals surface area contributed by atoms with Crippen molar-refractivity contribution < 1.29 is 31.8 Å². The molecule has 1 fully saturated rings. The zero-order valence-electron chi connectivity index (χ0n) is 17.2. The Kier molecular flexibility index (Phi) is 7.04. The van der Waals surface area contributed by atoms with E-state index in [1.165, 1.54) is 30.3 Å². The fourth-order valence-electron chi connectivity index (χ4n) is 3.46. The van der Waals surface area contributed by atoms with Crippen LogP contribution in [0.5, 0.6) is 5.75 Å². The van der Waals surface area contributed by atoms with Crippen LogP contribution in [-0.4, -0.2) is 36.2 Å². The molecule has 5 nitrogen and oxygen atoms in total. The zero-order chi connectivity index (χ0) is 22.6. The summed E-state index contributed by atoms with van der Waals surface area (Å²) in [6, 6.07) is 8.60. The average molecular weight is 440 g/mol. The smallest absolute Gasteiger partial charge is 0.416 e. The largest absolute Gasteiger partial charge is 0.489 e. The van der Waals surface area contributed by atoms with Crippen molar-refractivity contribution in [1.29, 1.82) is 0 Å². The molecule has 1 N–H and O–H groups in total. The molecule has 2 aromatic carbocycles. The summed E-state index contributed by atoms with van der Waals surface area (Å²) in [6.07, 6.45) is -4.97. The van der Waals surface area contributed by atoms with Crippen molar-refractivity contribution >= 4 is 6.09 Å². The Balaban J connectivity index is 1.62. The van der Waals surface area contributed by atoms with Gasteiger partial charge in [0.1, 0.15) is 24.8 Å². The standard InChI is InChI=1S/C22H24F4N2O3/c1-14-10-27-11-15(2)28(14)21(29)31-13-17-9-19(6-7-20(17)23)30-12-16-4-3-5-18(8-16)22(24,25)26/h3-9,14-15,27H,10-13H2,1-2H3/t14-,15+.